The molecule has 0 radical (unpaired) electrons. The van der Waals surface area contributed by atoms with Gasteiger partial charge in [0.2, 0.25) is 5.91 Å². The van der Waals surface area contributed by atoms with Crippen molar-refractivity contribution in [2.75, 3.05) is 19.7 Å². The van der Waals surface area contributed by atoms with Crippen molar-refractivity contribution in [2.45, 2.75) is 30.9 Å². The van der Waals surface area contributed by atoms with Gasteiger partial charge < -0.3 is 25.2 Å². The molecule has 0 spiro atoms. The predicted molar refractivity (Wildman–Crippen MR) is 124 cm³/mol. The second-order valence-electron chi connectivity index (χ2n) is 8.60. The molecule has 1 saturated heterocycles. The number of hydrogen-bond donors (Lipinski definition) is 3. The maximum absolute atomic E-state index is 13.0. The molecule has 1 fully saturated rings. The van der Waals surface area contributed by atoms with Crippen LogP contribution in [-0.4, -0.2) is 64.9 Å². The number of aliphatic hydroxyl groups is 1. The largest absolute Gasteiger partial charge is 0.481 e. The van der Waals surface area contributed by atoms with Crippen molar-refractivity contribution in [1.29, 1.82) is 0 Å². The molecular formula is C26H26N2O6. The van der Waals surface area contributed by atoms with Crippen LogP contribution in [0.2, 0.25) is 0 Å². The average molecular weight is 463 g/mol. The molecule has 0 aromatic heterocycles. The van der Waals surface area contributed by atoms with E-state index in [1.165, 1.54) is 4.90 Å². The van der Waals surface area contributed by atoms with E-state index in [9.17, 15) is 24.6 Å². The maximum Gasteiger partial charge on any atom is 0.407 e. The summed E-state index contributed by atoms with van der Waals surface area (Å²) in [5, 5.41) is 21.8. The van der Waals surface area contributed by atoms with Gasteiger partial charge in [-0.2, -0.15) is 0 Å². The zero-order valence-corrected chi connectivity index (χ0v) is 18.5. The zero-order chi connectivity index (χ0) is 24.2. The van der Waals surface area contributed by atoms with E-state index in [1.807, 2.05) is 48.5 Å². The molecule has 176 valence electrons. The number of aliphatic carboxylic acids is 1. The second kappa shape index (κ2) is 9.98. The Morgan fingerprint density at radius 2 is 1.71 bits per heavy atom. The summed E-state index contributed by atoms with van der Waals surface area (Å²) in [6, 6.07) is 14.8. The summed E-state index contributed by atoms with van der Waals surface area (Å²) in [4.78, 5) is 38.2. The van der Waals surface area contributed by atoms with Gasteiger partial charge in [0.25, 0.3) is 0 Å². The number of nitrogens with one attached hydrogen (secondary N) is 1. The predicted octanol–water partition coefficient (Wildman–Crippen LogP) is 2.21. The van der Waals surface area contributed by atoms with E-state index >= 15 is 0 Å². The van der Waals surface area contributed by atoms with Crippen LogP contribution < -0.4 is 5.32 Å². The van der Waals surface area contributed by atoms with Crippen LogP contribution in [0, 0.1) is 18.3 Å². The second-order valence-corrected chi connectivity index (χ2v) is 8.60. The number of likely N-dealkylation sites (tertiary alicyclic amines) is 1. The molecule has 8 nitrogen and oxygen atoms in total. The Hall–Kier alpha value is -3.83. The first-order valence-electron chi connectivity index (χ1n) is 11.1. The van der Waals surface area contributed by atoms with Crippen molar-refractivity contribution in [3.63, 3.8) is 0 Å². The average Bonchev–Trinajstić information content (AvgIpc) is 3.15. The van der Waals surface area contributed by atoms with Crippen LogP contribution in [0.4, 0.5) is 4.79 Å². The van der Waals surface area contributed by atoms with Gasteiger partial charge in [0.1, 0.15) is 12.6 Å². The summed E-state index contributed by atoms with van der Waals surface area (Å²) in [5.41, 5.74) is 4.33. The van der Waals surface area contributed by atoms with Crippen LogP contribution in [0.25, 0.3) is 11.1 Å². The lowest BCUT2D eigenvalue weighted by atomic mass is 9.95. The van der Waals surface area contributed by atoms with Crippen LogP contribution in [0.5, 0.6) is 0 Å². The number of nitrogens with zero attached hydrogens (tertiary/aromatic N) is 1. The van der Waals surface area contributed by atoms with Gasteiger partial charge in [-0.05, 0) is 28.7 Å². The Morgan fingerprint density at radius 3 is 2.29 bits per heavy atom. The summed E-state index contributed by atoms with van der Waals surface area (Å²) in [6.07, 6.45) is 3.63. The first kappa shape index (κ1) is 23.3. The van der Waals surface area contributed by atoms with Crippen molar-refractivity contribution in [3.8, 4) is 23.5 Å². The Bertz CT molecular complexity index is 1090. The normalized spacial score (nSPS) is 19.9. The minimum absolute atomic E-state index is 0.0178. The number of carbonyl (C=O) groups excluding carboxylic acids is 2. The van der Waals surface area contributed by atoms with Crippen LogP contribution in [0.3, 0.4) is 0 Å². The highest BCUT2D eigenvalue weighted by atomic mass is 16.5. The van der Waals surface area contributed by atoms with Gasteiger partial charge in [-0.15, -0.1) is 12.3 Å². The SMILES string of the molecule is C#CCC(NC(=O)OCC1c2ccccc2-c2ccccc21)C(=O)N1CC(O)CC(C(=O)O)C1. The van der Waals surface area contributed by atoms with Crippen LogP contribution >= 0.6 is 0 Å². The number of hydrogen-bond acceptors (Lipinski definition) is 5. The third-order valence-corrected chi connectivity index (χ3v) is 6.35. The Kier molecular flexibility index (Phi) is 6.85. The van der Waals surface area contributed by atoms with Gasteiger partial charge in [-0.3, -0.25) is 9.59 Å². The van der Waals surface area contributed by atoms with E-state index in [2.05, 4.69) is 11.2 Å². The number of rotatable bonds is 6. The van der Waals surface area contributed by atoms with E-state index in [0.717, 1.165) is 22.3 Å². The number of fused-ring (bicyclic) bond motifs is 3. The molecule has 34 heavy (non-hydrogen) atoms. The number of carbonyl (C=O) groups is 3. The maximum atomic E-state index is 13.0. The highest BCUT2D eigenvalue weighted by Gasteiger charge is 2.36. The van der Waals surface area contributed by atoms with Gasteiger partial charge in [0.05, 0.1) is 12.0 Å². The minimum Gasteiger partial charge on any atom is -0.481 e. The van der Waals surface area contributed by atoms with Gasteiger partial charge in [0.15, 0.2) is 0 Å². The number of carboxylic acid groups (broad SMARTS) is 1. The molecule has 2 amide bonds. The number of ether oxygens (including phenoxy) is 1. The fourth-order valence-corrected chi connectivity index (χ4v) is 4.75. The highest BCUT2D eigenvalue weighted by Crippen LogP contribution is 2.44. The van der Waals surface area contributed by atoms with E-state index in [0.29, 0.717) is 0 Å². The van der Waals surface area contributed by atoms with Gasteiger partial charge in [-0.25, -0.2) is 4.79 Å². The van der Waals surface area contributed by atoms with Crippen molar-refractivity contribution >= 4 is 18.0 Å². The molecule has 4 rings (SSSR count). The van der Waals surface area contributed by atoms with Crippen molar-refractivity contribution in [2.24, 2.45) is 5.92 Å². The Balaban J connectivity index is 1.42. The molecule has 3 N–H and O–H groups in total. The molecule has 1 aliphatic heterocycles. The van der Waals surface area contributed by atoms with Crippen molar-refractivity contribution < 1.29 is 29.3 Å². The lowest BCUT2D eigenvalue weighted by Gasteiger charge is -2.35. The standard InChI is InChI=1S/C26H26N2O6/c1-2-7-23(24(30)28-13-16(25(31)32)12-17(29)14-28)27-26(33)34-15-22-20-10-5-3-8-18(20)19-9-4-6-11-21(19)22/h1,3-6,8-11,16-17,22-23,29H,7,12-15H2,(H,27,33)(H,31,32). The monoisotopic (exact) mass is 462 g/mol. The van der Waals surface area contributed by atoms with E-state index in [4.69, 9.17) is 11.2 Å². The molecular weight excluding hydrogens is 436 g/mol. The van der Waals surface area contributed by atoms with Crippen molar-refractivity contribution in [3.05, 3.63) is 59.7 Å². The number of carboxylic acids is 1. The number of β-amino-alcohol motifs (C(OH)–C–C–N with tert-alkyl or cyclic N) is 1. The number of piperidine rings is 1. The molecule has 2 aliphatic rings. The van der Waals surface area contributed by atoms with Gasteiger partial charge >= 0.3 is 12.1 Å². The smallest absolute Gasteiger partial charge is 0.407 e. The summed E-state index contributed by atoms with van der Waals surface area (Å²) in [5.74, 6) is -0.280. The number of aliphatic hydroxyl groups excluding tert-OH is 1. The van der Waals surface area contributed by atoms with Crippen LogP contribution in [0.1, 0.15) is 29.9 Å². The Morgan fingerprint density at radius 1 is 1.09 bits per heavy atom. The summed E-state index contributed by atoms with van der Waals surface area (Å²) < 4.78 is 5.50. The molecule has 2 aromatic rings. The summed E-state index contributed by atoms with van der Waals surface area (Å²) >= 11 is 0. The van der Waals surface area contributed by atoms with E-state index in [1.54, 1.807) is 0 Å². The highest BCUT2D eigenvalue weighted by molar-refractivity contribution is 5.87. The Labute approximate surface area is 197 Å². The third kappa shape index (κ3) is 4.75. The topological polar surface area (TPSA) is 116 Å². The lowest BCUT2D eigenvalue weighted by molar-refractivity contribution is -0.149. The quantitative estimate of drug-likeness (QED) is 0.567. The fraction of sp³-hybridized carbons (Fsp3) is 0.346. The molecule has 8 heteroatoms. The lowest BCUT2D eigenvalue weighted by Crippen LogP contribution is -2.55. The van der Waals surface area contributed by atoms with Gasteiger partial charge in [0, 0.05) is 25.4 Å². The van der Waals surface area contributed by atoms with Gasteiger partial charge in [-0.1, -0.05) is 48.5 Å². The molecule has 3 unspecified atom stereocenters. The van der Waals surface area contributed by atoms with Crippen LogP contribution in [-0.2, 0) is 14.3 Å². The van der Waals surface area contributed by atoms with Crippen molar-refractivity contribution in [1.82, 2.24) is 10.2 Å². The van der Waals surface area contributed by atoms with E-state index < -0.39 is 36.0 Å². The zero-order valence-electron chi connectivity index (χ0n) is 18.5. The molecule has 3 atom stereocenters. The molecule has 1 heterocycles. The first-order chi connectivity index (χ1) is 16.4. The van der Waals surface area contributed by atoms with Crippen LogP contribution in [0.15, 0.2) is 48.5 Å². The molecule has 1 aliphatic carbocycles. The summed E-state index contributed by atoms with van der Waals surface area (Å²) in [6.45, 7) is 0.00899. The third-order valence-electron chi connectivity index (χ3n) is 6.35. The number of terminal acetylenes is 1. The number of alkyl carbamates (subject to hydrolysis) is 1. The molecule has 0 saturated carbocycles. The molecule has 2 aromatic carbocycles. The number of amides is 2. The first-order valence-corrected chi connectivity index (χ1v) is 11.1. The minimum atomic E-state index is -1.09. The number of benzene rings is 2. The summed E-state index contributed by atoms with van der Waals surface area (Å²) in [7, 11) is 0. The molecule has 0 bridgehead atoms. The fourth-order valence-electron chi connectivity index (χ4n) is 4.75. The van der Waals surface area contributed by atoms with E-state index in [-0.39, 0.29) is 38.5 Å².